The van der Waals surface area contributed by atoms with Crippen molar-refractivity contribution in [1.82, 2.24) is 0 Å². The number of rotatable bonds is 3. The molecule has 0 saturated carbocycles. The minimum Gasteiger partial charge on any atom is -0.496 e. The molecule has 0 aromatic heterocycles. The topological polar surface area (TPSA) is 9.23 Å². The Kier molecular flexibility index (Phi) is 4.60. The lowest BCUT2D eigenvalue weighted by Gasteiger charge is -2.15. The molecule has 2 rings (SSSR count). The van der Waals surface area contributed by atoms with E-state index in [1.807, 2.05) is 0 Å². The van der Waals surface area contributed by atoms with Gasteiger partial charge in [-0.2, -0.15) is 0 Å². The highest BCUT2D eigenvalue weighted by Gasteiger charge is 2.19. The summed E-state index contributed by atoms with van der Waals surface area (Å²) in [5.74, 6) is -1.77. The van der Waals surface area contributed by atoms with Gasteiger partial charge in [0.25, 0.3) is 0 Å². The molecule has 0 aliphatic carbocycles. The lowest BCUT2D eigenvalue weighted by molar-refractivity contribution is 0.406. The second-order valence-corrected chi connectivity index (χ2v) is 5.36. The van der Waals surface area contributed by atoms with Crippen LogP contribution in [0.3, 0.4) is 0 Å². The van der Waals surface area contributed by atoms with Crippen molar-refractivity contribution in [2.75, 3.05) is 7.11 Å². The van der Waals surface area contributed by atoms with Gasteiger partial charge in [0, 0.05) is 17.7 Å². The monoisotopic (exact) mass is 364 g/mol. The van der Waals surface area contributed by atoms with Crippen LogP contribution in [0, 0.1) is 17.5 Å². The van der Waals surface area contributed by atoms with Gasteiger partial charge < -0.3 is 4.74 Å². The lowest BCUT2D eigenvalue weighted by Crippen LogP contribution is -2.00. The van der Waals surface area contributed by atoms with Gasteiger partial charge in [0.2, 0.25) is 0 Å². The third-order valence-corrected chi connectivity index (χ3v) is 3.82. The molecule has 1 atom stereocenters. The molecule has 0 amide bonds. The van der Waals surface area contributed by atoms with E-state index in [9.17, 15) is 13.2 Å². The normalized spacial score (nSPS) is 12.3. The summed E-state index contributed by atoms with van der Waals surface area (Å²) in [6, 6.07) is 5.58. The number of hydrogen-bond acceptors (Lipinski definition) is 1. The first kappa shape index (κ1) is 15.2. The van der Waals surface area contributed by atoms with E-state index in [2.05, 4.69) is 15.9 Å². The first-order chi connectivity index (χ1) is 9.42. The molecule has 0 aliphatic rings. The van der Waals surface area contributed by atoms with Crippen LogP contribution in [0.25, 0.3) is 0 Å². The summed E-state index contributed by atoms with van der Waals surface area (Å²) in [7, 11) is 1.36. The molecule has 106 valence electrons. The van der Waals surface area contributed by atoms with Crippen molar-refractivity contribution in [3.05, 3.63) is 63.4 Å². The standard InChI is InChI=1S/C14H9BrClF3O/c1-20-13-6-12(19)11(15)5-10(13)14(16)7-2-8(17)4-9(18)3-7/h2-6,14H,1H3. The van der Waals surface area contributed by atoms with Crippen molar-refractivity contribution in [2.24, 2.45) is 0 Å². The molecule has 2 aromatic carbocycles. The minimum atomic E-state index is -0.868. The van der Waals surface area contributed by atoms with E-state index in [-0.39, 0.29) is 15.8 Å². The van der Waals surface area contributed by atoms with Gasteiger partial charge in [-0.25, -0.2) is 13.2 Å². The SMILES string of the molecule is COc1cc(F)c(Br)cc1C(Cl)c1cc(F)cc(F)c1. The highest BCUT2D eigenvalue weighted by molar-refractivity contribution is 9.10. The Morgan fingerprint density at radius 1 is 1.05 bits per heavy atom. The Labute approximate surface area is 127 Å². The summed E-state index contributed by atoms with van der Waals surface area (Å²) >= 11 is 9.27. The van der Waals surface area contributed by atoms with Gasteiger partial charge in [-0.3, -0.25) is 0 Å². The number of alkyl halides is 1. The van der Waals surface area contributed by atoms with Crippen molar-refractivity contribution >= 4 is 27.5 Å². The number of benzene rings is 2. The Balaban J connectivity index is 2.52. The Morgan fingerprint density at radius 3 is 2.20 bits per heavy atom. The molecule has 1 unspecified atom stereocenters. The Bertz CT molecular complexity index is 628. The molecule has 0 heterocycles. The van der Waals surface area contributed by atoms with Crippen molar-refractivity contribution in [3.8, 4) is 5.75 Å². The van der Waals surface area contributed by atoms with E-state index in [4.69, 9.17) is 16.3 Å². The second-order valence-electron chi connectivity index (χ2n) is 4.07. The van der Waals surface area contributed by atoms with Crippen LogP contribution < -0.4 is 4.74 Å². The predicted octanol–water partition coefficient (Wildman–Crippen LogP) is 5.20. The first-order valence-corrected chi connectivity index (χ1v) is 6.78. The van der Waals surface area contributed by atoms with E-state index in [0.717, 1.165) is 24.3 Å². The molecule has 20 heavy (non-hydrogen) atoms. The van der Waals surface area contributed by atoms with Gasteiger partial charge in [0.15, 0.2) is 0 Å². The molecule has 0 aliphatic heterocycles. The van der Waals surface area contributed by atoms with Gasteiger partial charge in [0.1, 0.15) is 23.2 Å². The summed E-state index contributed by atoms with van der Waals surface area (Å²) in [6.07, 6.45) is 0. The maximum atomic E-state index is 13.5. The van der Waals surface area contributed by atoms with Crippen LogP contribution in [0.2, 0.25) is 0 Å². The van der Waals surface area contributed by atoms with E-state index < -0.39 is 22.8 Å². The Morgan fingerprint density at radius 2 is 1.65 bits per heavy atom. The average Bonchev–Trinajstić information content (AvgIpc) is 2.39. The second kappa shape index (κ2) is 6.06. The van der Waals surface area contributed by atoms with Crippen LogP contribution in [0.5, 0.6) is 5.75 Å². The van der Waals surface area contributed by atoms with Gasteiger partial charge in [-0.05, 0) is 39.7 Å². The quantitative estimate of drug-likeness (QED) is 0.679. The zero-order valence-electron chi connectivity index (χ0n) is 10.3. The lowest BCUT2D eigenvalue weighted by atomic mass is 10.0. The molecule has 0 saturated heterocycles. The zero-order chi connectivity index (χ0) is 14.9. The summed E-state index contributed by atoms with van der Waals surface area (Å²) in [6.45, 7) is 0. The Hall–Kier alpha value is -1.20. The summed E-state index contributed by atoms with van der Waals surface area (Å²) < 4.78 is 45.2. The van der Waals surface area contributed by atoms with Crippen molar-refractivity contribution in [3.63, 3.8) is 0 Å². The number of ether oxygens (including phenoxy) is 1. The largest absolute Gasteiger partial charge is 0.496 e. The molecular weight excluding hydrogens is 357 g/mol. The molecule has 0 radical (unpaired) electrons. The van der Waals surface area contributed by atoms with Crippen molar-refractivity contribution < 1.29 is 17.9 Å². The molecule has 0 bridgehead atoms. The van der Waals surface area contributed by atoms with Crippen LogP contribution in [0.4, 0.5) is 13.2 Å². The van der Waals surface area contributed by atoms with Crippen LogP contribution >= 0.6 is 27.5 Å². The van der Waals surface area contributed by atoms with Gasteiger partial charge in [0.05, 0.1) is 17.0 Å². The zero-order valence-corrected chi connectivity index (χ0v) is 12.6. The van der Waals surface area contributed by atoms with E-state index in [1.165, 1.54) is 13.2 Å². The fourth-order valence-electron chi connectivity index (χ4n) is 1.82. The smallest absolute Gasteiger partial charge is 0.141 e. The van der Waals surface area contributed by atoms with Gasteiger partial charge in [-0.15, -0.1) is 11.6 Å². The summed E-state index contributed by atoms with van der Waals surface area (Å²) in [5.41, 5.74) is 0.633. The fraction of sp³-hybridized carbons (Fsp3) is 0.143. The summed E-state index contributed by atoms with van der Waals surface area (Å²) in [4.78, 5) is 0. The summed E-state index contributed by atoms with van der Waals surface area (Å²) in [5, 5.41) is -0.868. The van der Waals surface area contributed by atoms with E-state index in [0.29, 0.717) is 5.56 Å². The van der Waals surface area contributed by atoms with E-state index >= 15 is 0 Å². The fourth-order valence-corrected chi connectivity index (χ4v) is 2.48. The molecule has 0 fully saturated rings. The first-order valence-electron chi connectivity index (χ1n) is 5.55. The maximum absolute atomic E-state index is 13.5. The number of hydrogen-bond donors (Lipinski definition) is 0. The average molecular weight is 366 g/mol. The predicted molar refractivity (Wildman–Crippen MR) is 74.7 cm³/mol. The third-order valence-electron chi connectivity index (χ3n) is 2.72. The highest BCUT2D eigenvalue weighted by atomic mass is 79.9. The number of methoxy groups -OCH3 is 1. The molecule has 0 spiro atoms. The van der Waals surface area contributed by atoms with Gasteiger partial charge >= 0.3 is 0 Å². The number of halogens is 5. The highest BCUT2D eigenvalue weighted by Crippen LogP contribution is 2.38. The molecular formula is C14H9BrClF3O. The molecule has 1 nitrogen and oxygen atoms in total. The molecule has 6 heteroatoms. The van der Waals surface area contributed by atoms with Crippen molar-refractivity contribution in [2.45, 2.75) is 5.38 Å². The molecule has 0 N–H and O–H groups in total. The minimum absolute atomic E-state index is 0.191. The third kappa shape index (κ3) is 3.10. The van der Waals surface area contributed by atoms with E-state index in [1.54, 1.807) is 0 Å². The maximum Gasteiger partial charge on any atom is 0.141 e. The van der Waals surface area contributed by atoms with Crippen LogP contribution in [0.15, 0.2) is 34.8 Å². The van der Waals surface area contributed by atoms with Crippen LogP contribution in [-0.2, 0) is 0 Å². The van der Waals surface area contributed by atoms with Crippen molar-refractivity contribution in [1.29, 1.82) is 0 Å². The van der Waals surface area contributed by atoms with Crippen LogP contribution in [-0.4, -0.2) is 7.11 Å². The van der Waals surface area contributed by atoms with Gasteiger partial charge in [-0.1, -0.05) is 0 Å². The van der Waals surface area contributed by atoms with Crippen LogP contribution in [0.1, 0.15) is 16.5 Å². The molecule has 2 aromatic rings.